The molecule has 9 heteroatoms. The maximum Gasteiger partial charge on any atom is 0.257 e. The minimum Gasteiger partial charge on any atom is -0.296 e. The van der Waals surface area contributed by atoms with Crippen LogP contribution in [0.4, 0.5) is 13.9 Å². The molecule has 2 heterocycles. The van der Waals surface area contributed by atoms with Crippen LogP contribution in [0.25, 0.3) is 16.3 Å². The number of amides is 1. The van der Waals surface area contributed by atoms with E-state index in [4.69, 9.17) is 0 Å². The summed E-state index contributed by atoms with van der Waals surface area (Å²) < 4.78 is 28.5. The summed E-state index contributed by atoms with van der Waals surface area (Å²) in [5, 5.41) is 15.1. The molecule has 26 heavy (non-hydrogen) atoms. The lowest BCUT2D eigenvalue weighted by molar-refractivity contribution is 0.102. The molecular weight excluding hydrogens is 360 g/mol. The van der Waals surface area contributed by atoms with Crippen molar-refractivity contribution < 1.29 is 13.6 Å². The summed E-state index contributed by atoms with van der Waals surface area (Å²) in [4.78, 5) is 12.7. The van der Waals surface area contributed by atoms with E-state index in [0.29, 0.717) is 21.9 Å². The number of hydrogen-bond donors (Lipinski definition) is 1. The highest BCUT2D eigenvalue weighted by Crippen LogP contribution is 2.25. The van der Waals surface area contributed by atoms with Crippen LogP contribution >= 0.6 is 11.3 Å². The van der Waals surface area contributed by atoms with Crippen molar-refractivity contribution >= 4 is 27.3 Å². The molecule has 0 aliphatic heterocycles. The molecule has 2 aromatic carbocycles. The molecular formula is C17H11F2N5OS. The Bertz CT molecular complexity index is 1140. The summed E-state index contributed by atoms with van der Waals surface area (Å²) in [6, 6.07) is 10.1. The van der Waals surface area contributed by atoms with E-state index in [2.05, 4.69) is 20.6 Å². The van der Waals surface area contributed by atoms with Gasteiger partial charge in [-0.1, -0.05) is 29.5 Å². The normalized spacial score (nSPS) is 11.0. The predicted molar refractivity (Wildman–Crippen MR) is 93.1 cm³/mol. The molecule has 0 aliphatic rings. The zero-order valence-corrected chi connectivity index (χ0v) is 14.2. The lowest BCUT2D eigenvalue weighted by atomic mass is 10.1. The van der Waals surface area contributed by atoms with E-state index in [1.807, 2.05) is 0 Å². The van der Waals surface area contributed by atoms with Crippen molar-refractivity contribution in [3.05, 3.63) is 65.2 Å². The van der Waals surface area contributed by atoms with E-state index in [-0.39, 0.29) is 10.7 Å². The van der Waals surface area contributed by atoms with Gasteiger partial charge in [0, 0.05) is 11.1 Å². The second-order valence-electron chi connectivity index (χ2n) is 5.55. The molecule has 0 atom stereocenters. The van der Waals surface area contributed by atoms with Crippen molar-refractivity contribution in [2.45, 2.75) is 6.92 Å². The van der Waals surface area contributed by atoms with Gasteiger partial charge in [0.1, 0.15) is 11.6 Å². The summed E-state index contributed by atoms with van der Waals surface area (Å²) in [5.41, 5.74) is 1.16. The van der Waals surface area contributed by atoms with Crippen LogP contribution in [0.5, 0.6) is 0 Å². The van der Waals surface area contributed by atoms with Crippen molar-refractivity contribution in [1.82, 2.24) is 19.8 Å². The number of hydrogen-bond acceptors (Lipinski definition) is 5. The molecule has 4 aromatic rings. The monoisotopic (exact) mass is 371 g/mol. The van der Waals surface area contributed by atoms with E-state index in [9.17, 15) is 13.6 Å². The Morgan fingerprint density at radius 1 is 1.15 bits per heavy atom. The molecule has 0 saturated carbocycles. The van der Waals surface area contributed by atoms with E-state index in [1.165, 1.54) is 34.8 Å². The number of carbonyl (C=O) groups is 1. The van der Waals surface area contributed by atoms with Crippen LogP contribution in [0.3, 0.4) is 0 Å². The van der Waals surface area contributed by atoms with Crippen molar-refractivity contribution in [2.75, 3.05) is 5.32 Å². The van der Waals surface area contributed by atoms with Gasteiger partial charge in [-0.2, -0.15) is 4.52 Å². The van der Waals surface area contributed by atoms with Crippen LogP contribution in [-0.4, -0.2) is 25.7 Å². The van der Waals surface area contributed by atoms with Crippen LogP contribution in [0.1, 0.15) is 15.9 Å². The van der Waals surface area contributed by atoms with Gasteiger partial charge in [0.05, 0.1) is 0 Å². The van der Waals surface area contributed by atoms with Crippen molar-refractivity contribution in [1.29, 1.82) is 0 Å². The summed E-state index contributed by atoms with van der Waals surface area (Å²) in [7, 11) is 0. The van der Waals surface area contributed by atoms with Gasteiger partial charge in [-0.15, -0.1) is 15.3 Å². The van der Waals surface area contributed by atoms with Gasteiger partial charge in [0.25, 0.3) is 5.91 Å². The van der Waals surface area contributed by atoms with Crippen LogP contribution < -0.4 is 5.32 Å². The summed E-state index contributed by atoms with van der Waals surface area (Å²) in [6.07, 6.45) is 0. The molecule has 0 aliphatic carbocycles. The Balaban J connectivity index is 1.64. The Labute approximate surface area is 150 Å². The number of carbonyl (C=O) groups excluding carboxylic acids is 1. The number of nitrogens with zero attached hydrogens (tertiary/aromatic N) is 4. The van der Waals surface area contributed by atoms with Crippen LogP contribution in [0.15, 0.2) is 42.5 Å². The fourth-order valence-electron chi connectivity index (χ4n) is 2.38. The fourth-order valence-corrected chi connectivity index (χ4v) is 3.11. The highest BCUT2D eigenvalue weighted by Gasteiger charge is 2.16. The number of benzene rings is 2. The zero-order chi connectivity index (χ0) is 18.3. The molecule has 0 spiro atoms. The molecule has 2 aromatic heterocycles. The minimum atomic E-state index is -0.485. The molecule has 0 unspecified atom stereocenters. The first-order valence-electron chi connectivity index (χ1n) is 7.57. The van der Waals surface area contributed by atoms with Gasteiger partial charge in [-0.05, 0) is 36.8 Å². The second kappa shape index (κ2) is 6.26. The van der Waals surface area contributed by atoms with Gasteiger partial charge in [-0.3, -0.25) is 10.1 Å². The van der Waals surface area contributed by atoms with E-state index in [1.54, 1.807) is 19.1 Å². The quantitative estimate of drug-likeness (QED) is 0.596. The lowest BCUT2D eigenvalue weighted by Gasteiger charge is -2.03. The maximum absolute atomic E-state index is 13.6. The molecule has 1 N–H and O–H groups in total. The Kier molecular flexibility index (Phi) is 3.92. The third-order valence-corrected chi connectivity index (χ3v) is 4.54. The first kappa shape index (κ1) is 16.3. The first-order chi connectivity index (χ1) is 12.5. The molecule has 0 bridgehead atoms. The standard InChI is InChI=1S/C17H11F2N5OS/c1-9-5-6-11(8-13(9)19)15(25)20-16-23-24-14(21-22-17(24)26-16)10-3-2-4-12(18)7-10/h2-8H,1H3,(H,20,23,25). The van der Waals surface area contributed by atoms with Gasteiger partial charge < -0.3 is 0 Å². The molecule has 130 valence electrons. The third kappa shape index (κ3) is 2.92. The SMILES string of the molecule is Cc1ccc(C(=O)Nc2nn3c(-c4cccc(F)c4)nnc3s2)cc1F. The summed E-state index contributed by atoms with van der Waals surface area (Å²) in [6.45, 7) is 1.62. The van der Waals surface area contributed by atoms with Crippen molar-refractivity contribution in [2.24, 2.45) is 0 Å². The number of rotatable bonds is 3. The Morgan fingerprint density at radius 2 is 2.00 bits per heavy atom. The number of aryl methyl sites for hydroxylation is 1. The molecule has 0 saturated heterocycles. The zero-order valence-electron chi connectivity index (χ0n) is 13.4. The number of nitrogens with one attached hydrogen (secondary N) is 1. The topological polar surface area (TPSA) is 72.2 Å². The van der Waals surface area contributed by atoms with Gasteiger partial charge in [0.15, 0.2) is 5.82 Å². The fraction of sp³-hybridized carbons (Fsp3) is 0.0588. The van der Waals surface area contributed by atoms with E-state index in [0.717, 1.165) is 11.3 Å². The minimum absolute atomic E-state index is 0.185. The number of halogens is 2. The highest BCUT2D eigenvalue weighted by atomic mass is 32.1. The predicted octanol–water partition coefficient (Wildman–Crippen LogP) is 3.69. The van der Waals surface area contributed by atoms with Gasteiger partial charge >= 0.3 is 0 Å². The van der Waals surface area contributed by atoms with Crippen LogP contribution in [-0.2, 0) is 0 Å². The number of anilines is 1. The number of fused-ring (bicyclic) bond motifs is 1. The van der Waals surface area contributed by atoms with E-state index < -0.39 is 17.5 Å². The van der Waals surface area contributed by atoms with Gasteiger partial charge in [0.2, 0.25) is 10.1 Å². The molecule has 6 nitrogen and oxygen atoms in total. The molecule has 0 radical (unpaired) electrons. The van der Waals surface area contributed by atoms with E-state index >= 15 is 0 Å². The lowest BCUT2D eigenvalue weighted by Crippen LogP contribution is -2.12. The maximum atomic E-state index is 13.6. The van der Waals surface area contributed by atoms with Crippen LogP contribution in [0, 0.1) is 18.6 Å². The Morgan fingerprint density at radius 3 is 2.77 bits per heavy atom. The summed E-state index contributed by atoms with van der Waals surface area (Å²) in [5.74, 6) is -0.979. The Hall–Kier alpha value is -3.20. The van der Waals surface area contributed by atoms with Crippen LogP contribution in [0.2, 0.25) is 0 Å². The smallest absolute Gasteiger partial charge is 0.257 e. The number of aromatic nitrogens is 4. The first-order valence-corrected chi connectivity index (χ1v) is 8.38. The summed E-state index contributed by atoms with van der Waals surface area (Å²) >= 11 is 1.11. The largest absolute Gasteiger partial charge is 0.296 e. The van der Waals surface area contributed by atoms with Crippen molar-refractivity contribution in [3.63, 3.8) is 0 Å². The average molecular weight is 371 g/mol. The molecule has 4 rings (SSSR count). The highest BCUT2D eigenvalue weighted by molar-refractivity contribution is 7.20. The molecule has 0 fully saturated rings. The van der Waals surface area contributed by atoms with Gasteiger partial charge in [-0.25, -0.2) is 8.78 Å². The second-order valence-corrected chi connectivity index (χ2v) is 6.51. The van der Waals surface area contributed by atoms with Crippen molar-refractivity contribution in [3.8, 4) is 11.4 Å². The third-order valence-electron chi connectivity index (χ3n) is 3.73. The average Bonchev–Trinajstić information content (AvgIpc) is 3.17. The molecule has 1 amide bonds.